The fraction of sp³-hybridized carbons (Fsp3) is 1.00. The SMILES string of the molecule is CC1CO1.CCC(C)OC.[2H][B].[2H][B]. The lowest BCUT2D eigenvalue weighted by atomic mass is 10.3. The number of hydrogen-bond acceptors (Lipinski definition) is 2. The largest absolute Gasteiger partial charge is 0.382 e. The average Bonchev–Trinajstić information content (AvgIpc) is 3.06. The molecule has 0 saturated carbocycles. The average molecular weight is 172 g/mol. The maximum Gasteiger partial charge on any atom is 0.0781 e. The lowest BCUT2D eigenvalue weighted by molar-refractivity contribution is 0.115. The van der Waals surface area contributed by atoms with Gasteiger partial charge in [0, 0.05) is 23.9 Å². The Morgan fingerprint density at radius 3 is 2.00 bits per heavy atom. The molecule has 4 radical (unpaired) electrons. The van der Waals surface area contributed by atoms with E-state index in [2.05, 4.69) is 37.5 Å². The van der Waals surface area contributed by atoms with Crippen LogP contribution in [0.1, 0.15) is 27.2 Å². The van der Waals surface area contributed by atoms with Crippen molar-refractivity contribution in [3.05, 3.63) is 0 Å². The second-order valence-electron chi connectivity index (χ2n) is 2.60. The third kappa shape index (κ3) is 16.6. The van der Waals surface area contributed by atoms with Gasteiger partial charge >= 0.3 is 0 Å². The molecule has 0 N–H and O–H groups in total. The van der Waals surface area contributed by atoms with Crippen LogP contribution in [0.15, 0.2) is 0 Å². The Hall–Kier alpha value is 0.0499. The van der Waals surface area contributed by atoms with E-state index in [9.17, 15) is 0 Å². The number of ether oxygens (including phenoxy) is 2. The first-order valence-electron chi connectivity index (χ1n) is 5.00. The summed E-state index contributed by atoms with van der Waals surface area (Å²) in [5.41, 5.74) is 0. The van der Waals surface area contributed by atoms with Crippen LogP contribution in [0.3, 0.4) is 0 Å². The molecule has 12 heavy (non-hydrogen) atoms. The van der Waals surface area contributed by atoms with Crippen LogP contribution in [-0.2, 0) is 9.47 Å². The van der Waals surface area contributed by atoms with E-state index in [1.807, 2.05) is 0 Å². The number of epoxide rings is 1. The van der Waals surface area contributed by atoms with Gasteiger partial charge < -0.3 is 9.47 Å². The first-order chi connectivity index (χ1) is 6.70. The minimum absolute atomic E-state index is 0.435. The Morgan fingerprint density at radius 2 is 2.00 bits per heavy atom. The van der Waals surface area contributed by atoms with E-state index >= 15 is 0 Å². The van der Waals surface area contributed by atoms with E-state index in [4.69, 9.17) is 12.1 Å². The Bertz CT molecular complexity index is 81.7. The molecule has 0 spiro atoms. The molecular weight excluding hydrogens is 150 g/mol. The number of methoxy groups -OCH3 is 1. The van der Waals surface area contributed by atoms with Crippen molar-refractivity contribution in [3.63, 3.8) is 0 Å². The maximum absolute atomic E-state index is 5.25. The quantitative estimate of drug-likeness (QED) is 0.447. The highest BCUT2D eigenvalue weighted by atomic mass is 16.6. The molecule has 1 heterocycles. The number of rotatable bonds is 2. The molecule has 0 aromatic rings. The van der Waals surface area contributed by atoms with Crippen molar-refractivity contribution in [1.82, 2.24) is 0 Å². The molecule has 0 aliphatic carbocycles. The molecular formula is C8H20B2O2. The number of hydrogen-bond donors (Lipinski definition) is 0. The van der Waals surface area contributed by atoms with Crippen molar-refractivity contribution in [2.24, 2.45) is 0 Å². The van der Waals surface area contributed by atoms with E-state index in [0.29, 0.717) is 12.2 Å². The zero-order valence-electron chi connectivity index (χ0n) is 10.5. The first-order valence-corrected chi connectivity index (χ1v) is 3.85. The summed E-state index contributed by atoms with van der Waals surface area (Å²) in [5.74, 6) is 0. The molecule has 0 bridgehead atoms. The van der Waals surface area contributed by atoms with Gasteiger partial charge in [-0.25, -0.2) is 0 Å². The highest BCUT2D eigenvalue weighted by molar-refractivity contribution is 5.76. The molecule has 1 saturated heterocycles. The summed E-state index contributed by atoms with van der Waals surface area (Å²) in [7, 11) is 9.23. The van der Waals surface area contributed by atoms with Crippen molar-refractivity contribution in [3.8, 4) is 0 Å². The van der Waals surface area contributed by atoms with Gasteiger partial charge in [-0.05, 0) is 22.9 Å². The third-order valence-corrected chi connectivity index (χ3v) is 1.48. The molecule has 2 atom stereocenters. The van der Waals surface area contributed by atoms with Gasteiger partial charge in [-0.2, -0.15) is 0 Å². The maximum atomic E-state index is 5.25. The fourth-order valence-electron chi connectivity index (χ4n) is 0.263. The highest BCUT2D eigenvalue weighted by Crippen LogP contribution is 2.04. The monoisotopic (exact) mass is 172 g/mol. The van der Waals surface area contributed by atoms with Gasteiger partial charge in [-0.3, -0.25) is 0 Å². The molecule has 1 rings (SSSR count). The summed E-state index contributed by atoms with van der Waals surface area (Å²) in [4.78, 5) is 0. The van der Waals surface area contributed by atoms with E-state index in [1.165, 1.54) is 0 Å². The second kappa shape index (κ2) is 11.0. The van der Waals surface area contributed by atoms with Crippen LogP contribution in [0.2, 0.25) is 0 Å². The lowest BCUT2D eigenvalue weighted by Gasteiger charge is -2.01. The Balaban J connectivity index is -0.000000131. The summed E-state index contributed by atoms with van der Waals surface area (Å²) in [5, 5.41) is 0. The van der Waals surface area contributed by atoms with Crippen molar-refractivity contribution in [2.45, 2.75) is 39.4 Å². The van der Waals surface area contributed by atoms with Crippen molar-refractivity contribution in [2.75, 3.05) is 13.7 Å². The lowest BCUT2D eigenvalue weighted by Crippen LogP contribution is -2.00. The van der Waals surface area contributed by atoms with E-state index in [0.717, 1.165) is 13.0 Å². The zero-order chi connectivity index (χ0) is 12.0. The molecule has 2 unspecified atom stereocenters. The molecule has 2 nitrogen and oxygen atoms in total. The van der Waals surface area contributed by atoms with Gasteiger partial charge in [0.1, 0.15) is 0 Å². The third-order valence-electron chi connectivity index (χ3n) is 1.48. The van der Waals surface area contributed by atoms with Crippen molar-refractivity contribution >= 4 is 16.8 Å². The molecule has 4 heteroatoms. The van der Waals surface area contributed by atoms with Crippen LogP contribution in [0.4, 0.5) is 0 Å². The summed E-state index contributed by atoms with van der Waals surface area (Å²) >= 11 is 0. The Labute approximate surface area is 82.9 Å². The van der Waals surface area contributed by atoms with Crippen LogP contribution < -0.4 is 0 Å². The highest BCUT2D eigenvalue weighted by Gasteiger charge is 2.13. The molecule has 1 fully saturated rings. The fourth-order valence-corrected chi connectivity index (χ4v) is 0.263. The topological polar surface area (TPSA) is 21.8 Å². The molecule has 1 aliphatic heterocycles. The van der Waals surface area contributed by atoms with Crippen molar-refractivity contribution < 1.29 is 9.47 Å². The van der Waals surface area contributed by atoms with Gasteiger partial charge in [0.05, 0.1) is 18.8 Å². The molecule has 70 valence electrons. The van der Waals surface area contributed by atoms with Gasteiger partial charge in [0.15, 0.2) is 0 Å². The normalized spacial score (nSPS) is 21.5. The van der Waals surface area contributed by atoms with Crippen LogP contribution in [0.5, 0.6) is 0 Å². The zero-order valence-corrected chi connectivity index (χ0v) is 8.54. The van der Waals surface area contributed by atoms with Crippen LogP contribution >= 0.6 is 0 Å². The van der Waals surface area contributed by atoms with E-state index < -0.39 is 0 Å². The van der Waals surface area contributed by atoms with Gasteiger partial charge in [-0.15, -0.1) is 0 Å². The minimum Gasteiger partial charge on any atom is -0.382 e. The van der Waals surface area contributed by atoms with E-state index in [-0.39, 0.29) is 0 Å². The van der Waals surface area contributed by atoms with Gasteiger partial charge in [0.25, 0.3) is 0 Å². The van der Waals surface area contributed by atoms with Gasteiger partial charge in [-0.1, -0.05) is 6.92 Å². The molecule has 0 aromatic heterocycles. The predicted octanol–water partition coefficient (Wildman–Crippen LogP) is 0.539. The smallest absolute Gasteiger partial charge is 0.0781 e. The standard InChI is InChI=1S/C5H12O.C3H6O.2BH/c1-4-5(2)6-3;1-3-2-4-3;;/h5H,4H2,1-3H3;3H,2H2,1H3;2*1H/i;;2*1D. The minimum atomic E-state index is 0.435. The first kappa shape index (κ1) is 12.0. The van der Waals surface area contributed by atoms with Crippen LogP contribution in [-0.4, -0.2) is 45.3 Å². The molecule has 1 aliphatic rings. The van der Waals surface area contributed by atoms with Crippen LogP contribution in [0, 0.1) is 0 Å². The van der Waals surface area contributed by atoms with E-state index in [1.54, 1.807) is 7.11 Å². The summed E-state index contributed by atoms with van der Waals surface area (Å²) in [6, 6.07) is 0. The molecule has 0 amide bonds. The predicted molar refractivity (Wildman–Crippen MR) is 56.5 cm³/mol. The summed E-state index contributed by atoms with van der Waals surface area (Å²) in [6.07, 6.45) is 2.13. The molecule has 0 aromatic carbocycles. The second-order valence-corrected chi connectivity index (χ2v) is 2.60. The Kier molecular flexibility index (Phi) is 11.1. The van der Waals surface area contributed by atoms with Crippen LogP contribution in [0.25, 0.3) is 0 Å². The summed E-state index contributed by atoms with van der Waals surface area (Å²) in [6.45, 7) is 7.20. The summed E-state index contributed by atoms with van der Waals surface area (Å²) < 4.78 is 20.1. The van der Waals surface area contributed by atoms with Gasteiger partial charge in [0.2, 0.25) is 0 Å². The Morgan fingerprint density at radius 1 is 1.67 bits per heavy atom. The van der Waals surface area contributed by atoms with Crippen molar-refractivity contribution in [1.29, 1.82) is 2.67 Å².